The monoisotopic (exact) mass is 302 g/mol. The largest absolute Gasteiger partial charge is 0.495 e. The van der Waals surface area contributed by atoms with Crippen LogP contribution in [0.5, 0.6) is 11.5 Å². The average Bonchev–Trinajstić information content (AvgIpc) is 2.30. The van der Waals surface area contributed by atoms with Gasteiger partial charge in [-0.1, -0.05) is 0 Å². The molecule has 0 aliphatic carbocycles. The first-order valence-corrected chi connectivity index (χ1v) is 5.58. The van der Waals surface area contributed by atoms with Crippen LogP contribution in [-0.2, 0) is 4.79 Å². The molecule has 5 nitrogen and oxygen atoms in total. The van der Waals surface area contributed by atoms with Crippen LogP contribution in [0.1, 0.15) is 17.3 Å². The van der Waals surface area contributed by atoms with Crippen LogP contribution in [-0.4, -0.2) is 30.6 Å². The zero-order valence-corrected chi connectivity index (χ0v) is 10.9. The minimum absolute atomic E-state index is 0.00738. The molecule has 1 aromatic carbocycles. The molecule has 1 N–H and O–H groups in total. The number of methoxy groups -OCH3 is 1. The van der Waals surface area contributed by atoms with E-state index in [0.717, 1.165) is 0 Å². The Morgan fingerprint density at radius 1 is 1.35 bits per heavy atom. The highest BCUT2D eigenvalue weighted by Gasteiger charge is 2.21. The number of halogens is 1. The molecule has 1 rings (SSSR count). The lowest BCUT2D eigenvalue weighted by atomic mass is 10.1. The molecule has 0 unspecified atom stereocenters. The van der Waals surface area contributed by atoms with Gasteiger partial charge in [0.1, 0.15) is 11.5 Å². The third-order valence-corrected chi connectivity index (χ3v) is 2.61. The lowest BCUT2D eigenvalue weighted by molar-refractivity contribution is -0.131. The summed E-state index contributed by atoms with van der Waals surface area (Å²) < 4.78 is 10.8. The van der Waals surface area contributed by atoms with Crippen molar-refractivity contribution in [3.8, 4) is 11.5 Å². The molecule has 0 atom stereocenters. The van der Waals surface area contributed by atoms with Gasteiger partial charge in [0.15, 0.2) is 0 Å². The maximum absolute atomic E-state index is 11.5. The number of carbonyl (C=O) groups is 2. The van der Waals surface area contributed by atoms with Gasteiger partial charge in [-0.2, -0.15) is 0 Å². The SMILES string of the molecule is CCOc1cc(OC)c(Br)cc1C(=O)C(=O)O. The normalized spacial score (nSPS) is 9.82. The molecule has 1 aromatic rings. The molecule has 0 aliphatic rings. The number of rotatable bonds is 5. The fourth-order valence-electron chi connectivity index (χ4n) is 1.26. The zero-order chi connectivity index (χ0) is 13.0. The zero-order valence-electron chi connectivity index (χ0n) is 9.32. The van der Waals surface area contributed by atoms with Crippen molar-refractivity contribution < 1.29 is 24.2 Å². The second-order valence-corrected chi connectivity index (χ2v) is 3.90. The van der Waals surface area contributed by atoms with Crippen LogP contribution in [0.3, 0.4) is 0 Å². The summed E-state index contributed by atoms with van der Waals surface area (Å²) >= 11 is 3.18. The van der Waals surface area contributed by atoms with Crippen LogP contribution in [0.2, 0.25) is 0 Å². The molecular weight excluding hydrogens is 292 g/mol. The van der Waals surface area contributed by atoms with Gasteiger partial charge in [0.25, 0.3) is 5.78 Å². The molecule has 0 saturated heterocycles. The van der Waals surface area contributed by atoms with E-state index in [2.05, 4.69) is 15.9 Å². The van der Waals surface area contributed by atoms with Crippen LogP contribution in [0.4, 0.5) is 0 Å². The van der Waals surface area contributed by atoms with E-state index < -0.39 is 11.8 Å². The van der Waals surface area contributed by atoms with Gasteiger partial charge in [0.2, 0.25) is 0 Å². The predicted molar refractivity (Wildman–Crippen MR) is 63.8 cm³/mol. The van der Waals surface area contributed by atoms with Crippen molar-refractivity contribution in [2.45, 2.75) is 6.92 Å². The molecule has 0 radical (unpaired) electrons. The third kappa shape index (κ3) is 2.97. The van der Waals surface area contributed by atoms with Crippen molar-refractivity contribution in [3.63, 3.8) is 0 Å². The Hall–Kier alpha value is -1.56. The Labute approximate surface area is 106 Å². The summed E-state index contributed by atoms with van der Waals surface area (Å²) in [4.78, 5) is 22.1. The minimum Gasteiger partial charge on any atom is -0.495 e. The first-order valence-electron chi connectivity index (χ1n) is 4.79. The van der Waals surface area contributed by atoms with Gasteiger partial charge in [0, 0.05) is 6.07 Å². The highest BCUT2D eigenvalue weighted by atomic mass is 79.9. The maximum atomic E-state index is 11.5. The second-order valence-electron chi connectivity index (χ2n) is 3.05. The summed E-state index contributed by atoms with van der Waals surface area (Å²) in [7, 11) is 1.47. The van der Waals surface area contributed by atoms with Gasteiger partial charge in [-0.15, -0.1) is 0 Å². The molecule has 0 aromatic heterocycles. The fraction of sp³-hybridized carbons (Fsp3) is 0.273. The molecule has 0 amide bonds. The van der Waals surface area contributed by atoms with Crippen molar-refractivity contribution in [2.75, 3.05) is 13.7 Å². The Bertz CT molecular complexity index is 455. The van der Waals surface area contributed by atoms with E-state index in [1.54, 1.807) is 6.92 Å². The number of hydrogen-bond donors (Lipinski definition) is 1. The van der Waals surface area contributed by atoms with E-state index >= 15 is 0 Å². The van der Waals surface area contributed by atoms with Crippen LogP contribution >= 0.6 is 15.9 Å². The average molecular weight is 303 g/mol. The minimum atomic E-state index is -1.52. The summed E-state index contributed by atoms with van der Waals surface area (Å²) in [6, 6.07) is 2.85. The van der Waals surface area contributed by atoms with Crippen LogP contribution in [0.15, 0.2) is 16.6 Å². The lowest BCUT2D eigenvalue weighted by Gasteiger charge is -2.11. The number of hydrogen-bond acceptors (Lipinski definition) is 4. The highest BCUT2D eigenvalue weighted by Crippen LogP contribution is 2.33. The number of benzene rings is 1. The molecule has 0 fully saturated rings. The molecule has 6 heteroatoms. The van der Waals surface area contributed by atoms with Crippen molar-refractivity contribution in [1.82, 2.24) is 0 Å². The van der Waals surface area contributed by atoms with Gasteiger partial charge >= 0.3 is 5.97 Å². The molecule has 92 valence electrons. The van der Waals surface area contributed by atoms with Crippen LogP contribution in [0.25, 0.3) is 0 Å². The maximum Gasteiger partial charge on any atom is 0.377 e. The van der Waals surface area contributed by atoms with E-state index in [9.17, 15) is 9.59 Å². The number of Topliss-reactive ketones (excluding diaryl/α,β-unsaturated/α-hetero) is 1. The number of ether oxygens (including phenoxy) is 2. The van der Waals surface area contributed by atoms with Gasteiger partial charge in [0.05, 0.1) is 23.8 Å². The molecule has 0 saturated carbocycles. The lowest BCUT2D eigenvalue weighted by Crippen LogP contribution is -2.14. The number of ketones is 1. The van der Waals surface area contributed by atoms with Crippen molar-refractivity contribution in [2.24, 2.45) is 0 Å². The molecule has 0 aliphatic heterocycles. The molecular formula is C11H11BrO5. The van der Waals surface area contributed by atoms with Gasteiger partial charge in [-0.05, 0) is 28.9 Å². The van der Waals surface area contributed by atoms with E-state index in [-0.39, 0.29) is 11.3 Å². The van der Waals surface area contributed by atoms with Crippen LogP contribution in [0, 0.1) is 0 Å². The third-order valence-electron chi connectivity index (χ3n) is 1.99. The molecule has 0 heterocycles. The summed E-state index contributed by atoms with van der Waals surface area (Å²) in [6.45, 7) is 2.06. The Balaban J connectivity index is 3.32. The van der Waals surface area contributed by atoms with E-state index in [1.807, 2.05) is 0 Å². The Kier molecular flexibility index (Phi) is 4.51. The molecule has 17 heavy (non-hydrogen) atoms. The summed E-state index contributed by atoms with van der Waals surface area (Å²) in [6.07, 6.45) is 0. The molecule has 0 bridgehead atoms. The van der Waals surface area contributed by atoms with E-state index in [0.29, 0.717) is 16.8 Å². The molecule has 0 spiro atoms. The topological polar surface area (TPSA) is 72.8 Å². The smallest absolute Gasteiger partial charge is 0.377 e. The fourth-order valence-corrected chi connectivity index (χ4v) is 1.76. The van der Waals surface area contributed by atoms with E-state index in [1.165, 1.54) is 19.2 Å². The summed E-state index contributed by atoms with van der Waals surface area (Å²) in [5, 5.41) is 8.69. The first-order chi connectivity index (χ1) is 8.01. The summed E-state index contributed by atoms with van der Waals surface area (Å²) in [5.41, 5.74) is -0.00738. The Morgan fingerprint density at radius 3 is 2.47 bits per heavy atom. The Morgan fingerprint density at radius 2 is 2.00 bits per heavy atom. The second kappa shape index (κ2) is 5.67. The van der Waals surface area contributed by atoms with Crippen molar-refractivity contribution in [1.29, 1.82) is 0 Å². The van der Waals surface area contributed by atoms with E-state index in [4.69, 9.17) is 14.6 Å². The van der Waals surface area contributed by atoms with Crippen LogP contribution < -0.4 is 9.47 Å². The quantitative estimate of drug-likeness (QED) is 0.666. The van der Waals surface area contributed by atoms with Crippen molar-refractivity contribution >= 4 is 27.7 Å². The highest BCUT2D eigenvalue weighted by molar-refractivity contribution is 9.10. The van der Waals surface area contributed by atoms with Gasteiger partial charge in [-0.25, -0.2) is 4.79 Å². The number of carboxylic acid groups (broad SMARTS) is 1. The van der Waals surface area contributed by atoms with Crippen molar-refractivity contribution in [3.05, 3.63) is 22.2 Å². The van der Waals surface area contributed by atoms with Gasteiger partial charge in [-0.3, -0.25) is 4.79 Å². The number of carbonyl (C=O) groups excluding carboxylic acids is 1. The standard InChI is InChI=1S/C11H11BrO5/c1-3-17-8-5-9(16-2)7(12)4-6(8)10(13)11(14)15/h4-5H,3H2,1-2H3,(H,14,15). The predicted octanol–water partition coefficient (Wildman–Crippen LogP) is 2.12. The number of carboxylic acids is 1. The number of aliphatic carboxylic acids is 1. The van der Waals surface area contributed by atoms with Gasteiger partial charge < -0.3 is 14.6 Å². The first kappa shape index (κ1) is 13.5. The summed E-state index contributed by atoms with van der Waals surface area (Å²) in [5.74, 6) is -1.88.